The average Bonchev–Trinajstić information content (AvgIpc) is 3.31. The summed E-state index contributed by atoms with van der Waals surface area (Å²) in [5.41, 5.74) is 10.2. The van der Waals surface area contributed by atoms with E-state index in [1.165, 1.54) is 24.3 Å². The van der Waals surface area contributed by atoms with E-state index in [-0.39, 0.29) is 28.5 Å². The van der Waals surface area contributed by atoms with Crippen LogP contribution in [0.5, 0.6) is 0 Å². The number of nitrogen functional groups attached to an aromatic ring is 2. The number of nitrogens with zero attached hydrogens (tertiary/aromatic N) is 3. The standard InChI is InChI=1S/C16H22N7O13P3/c17-7-2-1-3-8(4-7)22-37(27,28)35-39(31,32)36-38(29,30)33-5-9-11(24)12(25)15(34-9)23-6-19-10-13(23)20-16(18)21-14(10)26/h1-4,6,9,11-12,15,24-25H,5,17H2,(H,29,30)(H,31,32)(H2,22,27,28)(H3,18,20,21,26)/t9-,11-,12-,15-/m1/s1. The van der Waals surface area contributed by atoms with Crippen molar-refractivity contribution in [2.45, 2.75) is 24.5 Å². The van der Waals surface area contributed by atoms with Crippen molar-refractivity contribution in [3.8, 4) is 0 Å². The van der Waals surface area contributed by atoms with Crippen molar-refractivity contribution in [2.75, 3.05) is 23.2 Å². The molecule has 23 heteroatoms. The Morgan fingerprint density at radius 1 is 1.10 bits per heavy atom. The summed E-state index contributed by atoms with van der Waals surface area (Å²) in [6.45, 7) is -0.996. The van der Waals surface area contributed by atoms with Crippen LogP contribution in [0.15, 0.2) is 35.4 Å². The number of imidazole rings is 1. The number of nitrogens with two attached hydrogens (primary N) is 2. The molecule has 0 spiro atoms. The third kappa shape index (κ3) is 6.90. The Kier molecular flexibility index (Phi) is 8.04. The van der Waals surface area contributed by atoms with Gasteiger partial charge in [0.1, 0.15) is 18.3 Å². The van der Waals surface area contributed by atoms with Crippen LogP contribution in [0.1, 0.15) is 6.23 Å². The van der Waals surface area contributed by atoms with Crippen LogP contribution in [-0.4, -0.2) is 69.3 Å². The number of anilines is 3. The molecule has 214 valence electrons. The fourth-order valence-electron chi connectivity index (χ4n) is 3.49. The molecule has 0 amide bonds. The molecular weight excluding hydrogens is 591 g/mol. The number of phosphoric acid groups is 2. The summed E-state index contributed by atoms with van der Waals surface area (Å²) in [7, 11) is -16.4. The molecule has 1 aliphatic rings. The van der Waals surface area contributed by atoms with Crippen LogP contribution >= 0.6 is 23.4 Å². The molecule has 1 fully saturated rings. The van der Waals surface area contributed by atoms with Gasteiger partial charge >= 0.3 is 23.4 Å². The van der Waals surface area contributed by atoms with E-state index in [0.29, 0.717) is 0 Å². The van der Waals surface area contributed by atoms with Crippen LogP contribution in [0.4, 0.5) is 17.3 Å². The smallest absolute Gasteiger partial charge is 0.399 e. The zero-order valence-corrected chi connectivity index (χ0v) is 21.9. The first-order valence-corrected chi connectivity index (χ1v) is 15.1. The molecule has 11 N–H and O–H groups in total. The van der Waals surface area contributed by atoms with Crippen LogP contribution in [0.3, 0.4) is 0 Å². The fourth-order valence-corrected chi connectivity index (χ4v) is 7.20. The van der Waals surface area contributed by atoms with Crippen LogP contribution in [0, 0.1) is 0 Å². The minimum atomic E-state index is -5.72. The van der Waals surface area contributed by atoms with Crippen molar-refractivity contribution in [3.05, 3.63) is 40.9 Å². The number of hydrogen-bond acceptors (Lipinski definition) is 14. The van der Waals surface area contributed by atoms with Gasteiger partial charge < -0.3 is 41.1 Å². The van der Waals surface area contributed by atoms with Gasteiger partial charge in [-0.15, -0.1) is 0 Å². The number of phosphoric ester groups is 1. The monoisotopic (exact) mass is 613 g/mol. The number of aliphatic hydroxyl groups excluding tert-OH is 2. The van der Waals surface area contributed by atoms with Gasteiger partial charge in [-0.2, -0.15) is 13.6 Å². The van der Waals surface area contributed by atoms with Gasteiger partial charge in [-0.05, 0) is 18.2 Å². The molecule has 4 rings (SSSR count). The highest BCUT2D eigenvalue weighted by Crippen LogP contribution is 2.67. The maximum absolute atomic E-state index is 12.2. The Morgan fingerprint density at radius 3 is 2.51 bits per heavy atom. The second kappa shape index (κ2) is 10.7. The Hall–Kier alpha value is -2.70. The molecule has 7 atom stereocenters. The van der Waals surface area contributed by atoms with Gasteiger partial charge in [-0.25, -0.2) is 18.7 Å². The first-order valence-electron chi connectivity index (χ1n) is 10.5. The Morgan fingerprint density at radius 2 is 1.82 bits per heavy atom. The number of aromatic nitrogens is 4. The Balaban J connectivity index is 1.39. The summed E-state index contributed by atoms with van der Waals surface area (Å²) in [6, 6.07) is 5.31. The fraction of sp³-hybridized carbons (Fsp3) is 0.312. The third-order valence-corrected chi connectivity index (χ3v) is 9.42. The van der Waals surface area contributed by atoms with E-state index in [9.17, 15) is 43.4 Å². The molecule has 3 aromatic rings. The Labute approximate surface area is 217 Å². The summed E-state index contributed by atoms with van der Waals surface area (Å²) < 4.78 is 55.7. The van der Waals surface area contributed by atoms with Gasteiger partial charge in [0.2, 0.25) is 5.95 Å². The minimum Gasteiger partial charge on any atom is -0.399 e. The van der Waals surface area contributed by atoms with Gasteiger partial charge in [-0.1, -0.05) is 6.07 Å². The number of aliphatic hydroxyl groups is 2. The minimum absolute atomic E-state index is 0.0853. The number of hydrogen-bond donors (Lipinski definition) is 9. The number of aromatic amines is 1. The van der Waals surface area contributed by atoms with Crippen LogP contribution < -0.4 is 22.1 Å². The molecule has 0 radical (unpaired) electrons. The molecule has 0 bridgehead atoms. The predicted molar refractivity (Wildman–Crippen MR) is 131 cm³/mol. The SMILES string of the molecule is Nc1cccc(NP(=O)(O)OP(=O)(O)OP(=O)(O)OC[C@H]2O[C@@H](n3cnc4c(=O)[nH]c(N)nc43)[C@H](O)[C@@H]2O)c1. The van der Waals surface area contributed by atoms with Crippen LogP contribution in [0.2, 0.25) is 0 Å². The molecule has 39 heavy (non-hydrogen) atoms. The van der Waals surface area contributed by atoms with Crippen molar-refractivity contribution in [3.63, 3.8) is 0 Å². The number of nitrogens with one attached hydrogen (secondary N) is 2. The Bertz CT molecular complexity index is 1580. The second-order valence-electron chi connectivity index (χ2n) is 7.98. The van der Waals surface area contributed by atoms with Gasteiger partial charge in [0.15, 0.2) is 17.4 Å². The largest absolute Gasteiger partial charge is 0.489 e. The quantitative estimate of drug-likeness (QED) is 0.101. The topological polar surface area (TPSA) is 317 Å². The normalized spacial score (nSPS) is 26.1. The first-order chi connectivity index (χ1) is 18.1. The lowest BCUT2D eigenvalue weighted by Crippen LogP contribution is -2.33. The molecule has 3 heterocycles. The molecule has 1 saturated heterocycles. The zero-order valence-electron chi connectivity index (χ0n) is 19.2. The molecule has 0 saturated carbocycles. The van der Waals surface area contributed by atoms with E-state index < -0.39 is 60.1 Å². The van der Waals surface area contributed by atoms with E-state index in [1.54, 1.807) is 0 Å². The first kappa shape index (κ1) is 29.3. The number of ether oxygens (including phenoxy) is 1. The lowest BCUT2D eigenvalue weighted by Gasteiger charge is -2.20. The van der Waals surface area contributed by atoms with Crippen molar-refractivity contribution in [1.82, 2.24) is 19.5 Å². The van der Waals surface area contributed by atoms with Crippen molar-refractivity contribution < 1.29 is 56.5 Å². The number of fused-ring (bicyclic) bond motifs is 1. The van der Waals surface area contributed by atoms with E-state index in [2.05, 4.69) is 28.1 Å². The summed E-state index contributed by atoms with van der Waals surface area (Å²) >= 11 is 0. The van der Waals surface area contributed by atoms with E-state index in [1.807, 2.05) is 5.09 Å². The maximum Gasteiger partial charge on any atom is 0.489 e. The summed E-state index contributed by atoms with van der Waals surface area (Å²) in [5, 5.41) is 22.6. The summed E-state index contributed by atoms with van der Waals surface area (Å²) in [5.74, 6) is -0.272. The van der Waals surface area contributed by atoms with Gasteiger partial charge in [-0.3, -0.25) is 24.0 Å². The van der Waals surface area contributed by atoms with Gasteiger partial charge in [0.05, 0.1) is 12.9 Å². The second-order valence-corrected chi connectivity index (χ2v) is 12.7. The average molecular weight is 613 g/mol. The van der Waals surface area contributed by atoms with Crippen LogP contribution in [0.25, 0.3) is 11.2 Å². The maximum atomic E-state index is 12.2. The molecule has 2 aromatic heterocycles. The molecular formula is C16H22N7O13P3. The van der Waals surface area contributed by atoms with Crippen molar-refractivity contribution >= 4 is 51.9 Å². The molecule has 20 nitrogen and oxygen atoms in total. The predicted octanol–water partition coefficient (Wildman–Crippen LogP) is -0.634. The van der Waals surface area contributed by atoms with Crippen molar-refractivity contribution in [1.29, 1.82) is 0 Å². The van der Waals surface area contributed by atoms with Gasteiger partial charge in [0.25, 0.3) is 5.56 Å². The van der Waals surface area contributed by atoms with E-state index in [0.717, 1.165) is 10.9 Å². The molecule has 1 aliphatic heterocycles. The highest BCUT2D eigenvalue weighted by Gasteiger charge is 2.47. The lowest BCUT2D eigenvalue weighted by atomic mass is 10.1. The van der Waals surface area contributed by atoms with Gasteiger partial charge in [0, 0.05) is 11.4 Å². The third-order valence-electron chi connectivity index (χ3n) is 5.04. The molecule has 0 aliphatic carbocycles. The van der Waals surface area contributed by atoms with Crippen molar-refractivity contribution in [2.24, 2.45) is 0 Å². The van der Waals surface area contributed by atoms with E-state index in [4.69, 9.17) is 16.2 Å². The zero-order chi connectivity index (χ0) is 28.8. The number of benzene rings is 1. The van der Waals surface area contributed by atoms with E-state index >= 15 is 0 Å². The number of rotatable bonds is 10. The number of H-pyrrole nitrogens is 1. The summed E-state index contributed by atoms with van der Waals surface area (Å²) in [6.07, 6.45) is -5.32. The summed E-state index contributed by atoms with van der Waals surface area (Å²) in [4.78, 5) is 51.3. The molecule has 1 aromatic carbocycles. The molecule has 3 unspecified atom stereocenters. The lowest BCUT2D eigenvalue weighted by molar-refractivity contribution is -0.0503. The highest BCUT2D eigenvalue weighted by molar-refractivity contribution is 7.68. The van der Waals surface area contributed by atoms with Crippen LogP contribution in [-0.2, 0) is 31.6 Å². The highest BCUT2D eigenvalue weighted by atomic mass is 31.3.